The molecule has 3 heteroatoms. The van der Waals surface area contributed by atoms with Gasteiger partial charge in [-0.2, -0.15) is 0 Å². The Hall–Kier alpha value is -0.570. The molecule has 0 radical (unpaired) electrons. The molecular weight excluding hydrogens is 188 g/mol. The lowest BCUT2D eigenvalue weighted by molar-refractivity contribution is -0.128. The zero-order chi connectivity index (χ0) is 11.6. The quantitative estimate of drug-likeness (QED) is 0.765. The maximum Gasteiger partial charge on any atom is 0.239 e. The Morgan fingerprint density at radius 1 is 1.53 bits per heavy atom. The lowest BCUT2D eigenvalue weighted by atomic mass is 9.81. The van der Waals surface area contributed by atoms with Crippen molar-refractivity contribution in [2.45, 2.75) is 40.2 Å². The van der Waals surface area contributed by atoms with Gasteiger partial charge < -0.3 is 10.2 Å². The van der Waals surface area contributed by atoms with Gasteiger partial charge in [0.05, 0.1) is 6.04 Å². The minimum atomic E-state index is 0.0491. The largest absolute Gasteiger partial charge is 0.344 e. The first-order chi connectivity index (χ1) is 6.84. The summed E-state index contributed by atoms with van der Waals surface area (Å²) in [5.74, 6) is 0.869. The zero-order valence-electron chi connectivity index (χ0n) is 10.6. The predicted molar refractivity (Wildman–Crippen MR) is 62.7 cm³/mol. The summed E-state index contributed by atoms with van der Waals surface area (Å²) < 4.78 is 0. The van der Waals surface area contributed by atoms with Crippen LogP contribution in [0.1, 0.15) is 34.1 Å². The second-order valence-electron chi connectivity index (χ2n) is 5.63. The van der Waals surface area contributed by atoms with Crippen molar-refractivity contribution in [1.29, 1.82) is 0 Å². The van der Waals surface area contributed by atoms with E-state index in [0.717, 1.165) is 19.5 Å². The van der Waals surface area contributed by atoms with Crippen LogP contribution >= 0.6 is 0 Å². The van der Waals surface area contributed by atoms with E-state index in [2.05, 4.69) is 33.0 Å². The second-order valence-corrected chi connectivity index (χ2v) is 5.63. The van der Waals surface area contributed by atoms with Crippen molar-refractivity contribution in [3.63, 3.8) is 0 Å². The summed E-state index contributed by atoms with van der Waals surface area (Å²) >= 11 is 0. The topological polar surface area (TPSA) is 32.3 Å². The summed E-state index contributed by atoms with van der Waals surface area (Å²) in [5, 5.41) is 3.39. The number of nitrogens with zero attached hydrogens (tertiary/aromatic N) is 1. The Balaban J connectivity index is 2.41. The van der Waals surface area contributed by atoms with E-state index in [1.165, 1.54) is 0 Å². The molecule has 0 bridgehead atoms. The Labute approximate surface area is 93.2 Å². The van der Waals surface area contributed by atoms with Gasteiger partial charge >= 0.3 is 0 Å². The number of likely N-dealkylation sites (N-methyl/N-ethyl adjacent to an activating group) is 1. The molecule has 0 saturated carbocycles. The lowest BCUT2D eigenvalue weighted by Gasteiger charge is -2.30. The highest BCUT2D eigenvalue weighted by atomic mass is 16.2. The molecule has 0 aromatic carbocycles. The first-order valence-electron chi connectivity index (χ1n) is 5.83. The minimum Gasteiger partial charge on any atom is -0.344 e. The third-order valence-corrected chi connectivity index (χ3v) is 3.79. The van der Waals surface area contributed by atoms with Crippen molar-refractivity contribution in [3.05, 3.63) is 0 Å². The molecule has 1 unspecified atom stereocenters. The van der Waals surface area contributed by atoms with Crippen LogP contribution in [0.4, 0.5) is 0 Å². The van der Waals surface area contributed by atoms with E-state index in [1.54, 1.807) is 4.90 Å². The van der Waals surface area contributed by atoms with E-state index in [4.69, 9.17) is 0 Å². The van der Waals surface area contributed by atoms with Crippen LogP contribution in [-0.2, 0) is 4.79 Å². The number of rotatable bonds is 4. The van der Waals surface area contributed by atoms with Crippen molar-refractivity contribution in [1.82, 2.24) is 10.2 Å². The van der Waals surface area contributed by atoms with Crippen LogP contribution in [0.2, 0.25) is 0 Å². The summed E-state index contributed by atoms with van der Waals surface area (Å²) in [6.45, 7) is 10.7. The Morgan fingerprint density at radius 3 is 2.53 bits per heavy atom. The zero-order valence-corrected chi connectivity index (χ0v) is 10.6. The molecule has 3 nitrogen and oxygen atoms in total. The van der Waals surface area contributed by atoms with E-state index in [0.29, 0.717) is 5.92 Å². The van der Waals surface area contributed by atoms with Crippen molar-refractivity contribution >= 4 is 5.91 Å². The molecule has 0 aliphatic carbocycles. The molecule has 0 aromatic rings. The van der Waals surface area contributed by atoms with Gasteiger partial charge in [-0.1, -0.05) is 27.7 Å². The van der Waals surface area contributed by atoms with Gasteiger partial charge in [-0.15, -0.1) is 0 Å². The summed E-state index contributed by atoms with van der Waals surface area (Å²) in [6.07, 6.45) is 0.948. The van der Waals surface area contributed by atoms with Gasteiger partial charge in [0.25, 0.3) is 0 Å². The fourth-order valence-electron chi connectivity index (χ4n) is 1.60. The van der Waals surface area contributed by atoms with Crippen molar-refractivity contribution in [2.24, 2.45) is 11.3 Å². The SMILES string of the molecule is CC(C)C(C)(C)CNC1CCN(C)C1=O. The van der Waals surface area contributed by atoms with Crippen molar-refractivity contribution in [3.8, 4) is 0 Å². The first kappa shape index (κ1) is 12.5. The number of carbonyl (C=O) groups is 1. The molecule has 1 aliphatic rings. The van der Waals surface area contributed by atoms with E-state index in [1.807, 2.05) is 7.05 Å². The van der Waals surface area contributed by atoms with Crippen molar-refractivity contribution < 1.29 is 4.79 Å². The molecule has 1 atom stereocenters. The molecular formula is C12H24N2O. The fraction of sp³-hybridized carbons (Fsp3) is 0.917. The first-order valence-corrected chi connectivity index (χ1v) is 5.83. The number of carbonyl (C=O) groups excluding carboxylic acids is 1. The number of hydrogen-bond donors (Lipinski definition) is 1. The van der Waals surface area contributed by atoms with E-state index in [9.17, 15) is 4.79 Å². The van der Waals surface area contributed by atoms with E-state index in [-0.39, 0.29) is 17.4 Å². The molecule has 1 N–H and O–H groups in total. The maximum absolute atomic E-state index is 11.7. The molecule has 15 heavy (non-hydrogen) atoms. The molecule has 0 spiro atoms. The van der Waals surface area contributed by atoms with Gasteiger partial charge in [-0.3, -0.25) is 4.79 Å². The average Bonchev–Trinajstić information content (AvgIpc) is 2.45. The van der Waals surface area contributed by atoms with Crippen LogP contribution in [0.15, 0.2) is 0 Å². The third kappa shape index (κ3) is 2.94. The minimum absolute atomic E-state index is 0.0491. The molecule has 0 aromatic heterocycles. The molecule has 1 heterocycles. The standard InChI is InChI=1S/C12H24N2O/c1-9(2)12(3,4)8-13-10-6-7-14(5)11(10)15/h9-10,13H,6-8H2,1-5H3. The molecule has 1 saturated heterocycles. The van der Waals surface area contributed by atoms with Gasteiger partial charge in [0.15, 0.2) is 0 Å². The maximum atomic E-state index is 11.7. The van der Waals surface area contributed by atoms with Crippen LogP contribution in [0.3, 0.4) is 0 Å². The normalized spacial score (nSPS) is 22.9. The number of likely N-dealkylation sites (tertiary alicyclic amines) is 1. The summed E-state index contributed by atoms with van der Waals surface area (Å²) in [5.41, 5.74) is 0.251. The smallest absolute Gasteiger partial charge is 0.239 e. The predicted octanol–water partition coefficient (Wildman–Crippen LogP) is 1.49. The van der Waals surface area contributed by atoms with Crippen LogP contribution in [0, 0.1) is 11.3 Å². The van der Waals surface area contributed by atoms with Gasteiger partial charge in [0.1, 0.15) is 0 Å². The Morgan fingerprint density at radius 2 is 2.13 bits per heavy atom. The van der Waals surface area contributed by atoms with Gasteiger partial charge in [-0.25, -0.2) is 0 Å². The highest BCUT2D eigenvalue weighted by Crippen LogP contribution is 2.25. The monoisotopic (exact) mass is 212 g/mol. The Bertz CT molecular complexity index is 236. The summed E-state index contributed by atoms with van der Waals surface area (Å²) in [4.78, 5) is 13.5. The highest BCUT2D eigenvalue weighted by molar-refractivity contribution is 5.83. The summed E-state index contributed by atoms with van der Waals surface area (Å²) in [6, 6.07) is 0.0491. The van der Waals surface area contributed by atoms with Crippen molar-refractivity contribution in [2.75, 3.05) is 20.1 Å². The van der Waals surface area contributed by atoms with E-state index < -0.39 is 0 Å². The average molecular weight is 212 g/mol. The van der Waals surface area contributed by atoms with Gasteiger partial charge in [0, 0.05) is 20.1 Å². The number of nitrogens with one attached hydrogen (secondary N) is 1. The third-order valence-electron chi connectivity index (χ3n) is 3.79. The lowest BCUT2D eigenvalue weighted by Crippen LogP contribution is -2.43. The summed E-state index contributed by atoms with van der Waals surface area (Å²) in [7, 11) is 1.87. The number of hydrogen-bond acceptors (Lipinski definition) is 2. The fourth-order valence-corrected chi connectivity index (χ4v) is 1.60. The number of amides is 1. The highest BCUT2D eigenvalue weighted by Gasteiger charge is 2.31. The van der Waals surface area contributed by atoms with Crippen LogP contribution in [0.25, 0.3) is 0 Å². The Kier molecular flexibility index (Phi) is 3.77. The molecule has 88 valence electrons. The molecule has 1 amide bonds. The van der Waals surface area contributed by atoms with Gasteiger partial charge in [-0.05, 0) is 17.8 Å². The van der Waals surface area contributed by atoms with E-state index >= 15 is 0 Å². The van der Waals surface area contributed by atoms with Crippen LogP contribution in [0.5, 0.6) is 0 Å². The van der Waals surface area contributed by atoms with Gasteiger partial charge in [0.2, 0.25) is 5.91 Å². The second kappa shape index (κ2) is 4.52. The molecule has 1 aliphatic heterocycles. The molecule has 1 fully saturated rings. The van der Waals surface area contributed by atoms with Crippen LogP contribution < -0.4 is 5.32 Å². The molecule has 1 rings (SSSR count). The van der Waals surface area contributed by atoms with Crippen LogP contribution in [-0.4, -0.2) is 37.0 Å².